The van der Waals surface area contributed by atoms with E-state index in [2.05, 4.69) is 25.5 Å². The van der Waals surface area contributed by atoms with Gasteiger partial charge in [0.1, 0.15) is 24.9 Å². The number of aromatic nitrogens is 5. The Balaban J connectivity index is 1.43. The van der Waals surface area contributed by atoms with Gasteiger partial charge in [-0.3, -0.25) is 9.69 Å². The minimum atomic E-state index is -3.75. The van der Waals surface area contributed by atoms with Crippen LogP contribution in [-0.2, 0) is 25.1 Å². The van der Waals surface area contributed by atoms with Crippen LogP contribution in [0.5, 0.6) is 0 Å². The molecule has 0 radical (unpaired) electrons. The van der Waals surface area contributed by atoms with Gasteiger partial charge in [0.2, 0.25) is 0 Å². The molecule has 0 bridgehead atoms. The number of aliphatic imine (C=N–C) groups is 1. The predicted octanol–water partition coefficient (Wildman–Crippen LogP) is 5.82. The van der Waals surface area contributed by atoms with E-state index in [0.29, 0.717) is 16.9 Å². The molecular weight excluding hydrogens is 770 g/mol. The van der Waals surface area contributed by atoms with Crippen molar-refractivity contribution in [3.05, 3.63) is 82.9 Å². The second kappa shape index (κ2) is 14.2. The number of rotatable bonds is 12. The molecule has 3 heterocycles. The second-order valence-corrected chi connectivity index (χ2v) is 17.1. The maximum atomic E-state index is 16.0. The molecule has 1 fully saturated rings. The minimum absolute atomic E-state index is 0.00195. The van der Waals surface area contributed by atoms with Crippen LogP contribution in [-0.4, -0.2) is 79.8 Å². The van der Waals surface area contributed by atoms with Crippen molar-refractivity contribution >= 4 is 39.6 Å². The number of amides is 2. The van der Waals surface area contributed by atoms with Crippen LogP contribution < -0.4 is 11.1 Å². The highest BCUT2D eigenvalue weighted by atomic mass is 35.5. The van der Waals surface area contributed by atoms with Crippen molar-refractivity contribution in [1.29, 1.82) is 0 Å². The number of alkyl carbamates (subject to hydrolysis) is 1. The molecule has 1 aliphatic carbocycles. The fourth-order valence-electron chi connectivity index (χ4n) is 6.66. The van der Waals surface area contributed by atoms with E-state index in [1.54, 1.807) is 0 Å². The van der Waals surface area contributed by atoms with Crippen molar-refractivity contribution in [1.82, 2.24) is 34.2 Å². The molecule has 20 heteroatoms. The van der Waals surface area contributed by atoms with Crippen molar-refractivity contribution in [2.45, 2.75) is 76.7 Å². The molecule has 4 aromatic rings. The molecule has 3 atom stereocenters. The van der Waals surface area contributed by atoms with Crippen molar-refractivity contribution in [2.24, 2.45) is 16.1 Å². The monoisotopic (exact) mass is 807 g/mol. The first-order valence-electron chi connectivity index (χ1n) is 17.0. The number of nitrogens with zero attached hydrogens (tertiary/aromatic N) is 7. The maximum absolute atomic E-state index is 16.0. The molecule has 55 heavy (non-hydrogen) atoms. The Morgan fingerprint density at radius 1 is 1.13 bits per heavy atom. The van der Waals surface area contributed by atoms with Gasteiger partial charge in [0.25, 0.3) is 22.4 Å². The standard InChI is InChI=1S/C35H38ClF4N9O5S/c1-19(37)34(10-11-34)46-32(51)54-16-27(20-6-9-24(36)26(12-20)49-29(28(39)40)42-18-44-49)48-30(50)35(45-31(48)41,17-33(2,3)4)22-7-8-23(25(38)13-22)21-14-43-47(15-21)55(5,52)53/h6-9,12-15,18-19,27-28H,10-11,16-17H2,1-5H3,(H2,41,45)(H,46,51)/t19?,27-,35-/m1/s1. The van der Waals surface area contributed by atoms with E-state index in [1.807, 2.05) is 20.8 Å². The van der Waals surface area contributed by atoms with Gasteiger partial charge in [0.05, 0.1) is 40.9 Å². The number of carbonyl (C=O) groups is 2. The molecule has 1 unspecified atom stereocenters. The third-order valence-corrected chi connectivity index (χ3v) is 10.7. The number of ether oxygens (including phenoxy) is 1. The van der Waals surface area contributed by atoms with Gasteiger partial charge in [-0.2, -0.15) is 14.3 Å². The van der Waals surface area contributed by atoms with Crippen molar-refractivity contribution in [2.75, 3.05) is 12.9 Å². The van der Waals surface area contributed by atoms with E-state index >= 15 is 4.39 Å². The topological polar surface area (TPSA) is 180 Å². The molecule has 14 nitrogen and oxygen atoms in total. The number of halogens is 5. The summed E-state index contributed by atoms with van der Waals surface area (Å²) in [5.74, 6) is -2.58. The number of alkyl halides is 3. The van der Waals surface area contributed by atoms with Crippen LogP contribution in [0.1, 0.15) is 76.4 Å². The largest absolute Gasteiger partial charge is 0.447 e. The summed E-state index contributed by atoms with van der Waals surface area (Å²) in [5.41, 5.74) is 3.45. The summed E-state index contributed by atoms with van der Waals surface area (Å²) in [6.07, 6.45) is -0.373. The van der Waals surface area contributed by atoms with E-state index in [0.717, 1.165) is 34.4 Å². The van der Waals surface area contributed by atoms with Crippen molar-refractivity contribution in [3.63, 3.8) is 0 Å². The van der Waals surface area contributed by atoms with Crippen LogP contribution in [0.15, 0.2) is 60.1 Å². The summed E-state index contributed by atoms with van der Waals surface area (Å²) in [7, 11) is -3.75. The number of guanidine groups is 1. The number of hydrogen-bond acceptors (Lipinski definition) is 10. The molecule has 0 spiro atoms. The number of carbonyl (C=O) groups excluding carboxylic acids is 2. The van der Waals surface area contributed by atoms with Crippen molar-refractivity contribution in [3.8, 4) is 16.8 Å². The maximum Gasteiger partial charge on any atom is 0.407 e. The zero-order chi connectivity index (χ0) is 40.2. The number of benzene rings is 2. The summed E-state index contributed by atoms with van der Waals surface area (Å²) in [4.78, 5) is 37.4. The molecule has 2 aromatic heterocycles. The lowest BCUT2D eigenvalue weighted by Crippen LogP contribution is -2.48. The van der Waals surface area contributed by atoms with Crippen LogP contribution in [0.4, 0.5) is 22.4 Å². The Morgan fingerprint density at radius 2 is 1.84 bits per heavy atom. The summed E-state index contributed by atoms with van der Waals surface area (Å²) in [5, 5.41) is 10.2. The van der Waals surface area contributed by atoms with Gasteiger partial charge in [-0.15, -0.1) is 0 Å². The van der Waals surface area contributed by atoms with Gasteiger partial charge in [-0.1, -0.05) is 50.6 Å². The summed E-state index contributed by atoms with van der Waals surface area (Å²) in [6, 6.07) is 6.88. The molecular formula is C35H38ClF4N9O5S. The third kappa shape index (κ3) is 7.76. The van der Waals surface area contributed by atoms with E-state index in [9.17, 15) is 31.2 Å². The second-order valence-electron chi connectivity index (χ2n) is 14.9. The molecule has 294 valence electrons. The highest BCUT2D eigenvalue weighted by Crippen LogP contribution is 2.46. The van der Waals surface area contributed by atoms with Crippen LogP contribution in [0.2, 0.25) is 5.02 Å². The van der Waals surface area contributed by atoms with Crippen LogP contribution in [0.3, 0.4) is 0 Å². The average Bonchev–Trinajstić information content (AvgIpc) is 3.39. The molecule has 2 aromatic carbocycles. The van der Waals surface area contributed by atoms with Crippen molar-refractivity contribution < 1.29 is 40.3 Å². The summed E-state index contributed by atoms with van der Waals surface area (Å²) in [6.45, 7) is 6.27. The average molecular weight is 808 g/mol. The first kappa shape index (κ1) is 39.6. The normalized spacial score (nSPS) is 19.4. The fourth-order valence-corrected chi connectivity index (χ4v) is 7.38. The molecule has 2 aliphatic rings. The molecule has 0 saturated heterocycles. The molecule has 1 saturated carbocycles. The Hall–Kier alpha value is -5.04. The quantitative estimate of drug-likeness (QED) is 0.167. The lowest BCUT2D eigenvalue weighted by Gasteiger charge is -2.35. The number of nitrogens with one attached hydrogen (secondary N) is 1. The van der Waals surface area contributed by atoms with Gasteiger partial charge in [0, 0.05) is 11.1 Å². The fraction of sp³-hybridized carbons (Fsp3) is 0.429. The van der Waals surface area contributed by atoms with Gasteiger partial charge >= 0.3 is 6.09 Å². The van der Waals surface area contributed by atoms with Gasteiger partial charge < -0.3 is 15.8 Å². The SMILES string of the molecule is CC(F)C1(NC(=O)OC[C@H](c2ccc(Cl)c(-n3ncnc3C(F)F)c2)N2C(=O)[C@@](CC(C)(C)C)(c3ccc(-c4cnn(S(C)(=O)=O)c4)c(F)c3)N=C2N)CC1. The Labute approximate surface area is 318 Å². The van der Waals surface area contributed by atoms with E-state index in [4.69, 9.17) is 22.1 Å². The lowest BCUT2D eigenvalue weighted by atomic mass is 9.75. The third-order valence-electron chi connectivity index (χ3n) is 9.51. The van der Waals surface area contributed by atoms with E-state index in [1.165, 1.54) is 43.5 Å². The van der Waals surface area contributed by atoms with E-state index in [-0.39, 0.29) is 45.3 Å². The first-order valence-corrected chi connectivity index (χ1v) is 19.2. The highest BCUT2D eigenvalue weighted by Gasteiger charge is 2.54. The molecule has 2 amide bonds. The van der Waals surface area contributed by atoms with Crippen LogP contribution >= 0.6 is 11.6 Å². The Kier molecular flexibility index (Phi) is 10.3. The van der Waals surface area contributed by atoms with Crippen LogP contribution in [0, 0.1) is 11.2 Å². The Morgan fingerprint density at radius 3 is 2.42 bits per heavy atom. The van der Waals surface area contributed by atoms with E-state index < -0.39 is 75.4 Å². The van der Waals surface area contributed by atoms with Gasteiger partial charge in [-0.05, 0) is 60.9 Å². The smallest absolute Gasteiger partial charge is 0.407 e. The first-order chi connectivity index (χ1) is 25.7. The predicted molar refractivity (Wildman–Crippen MR) is 193 cm³/mol. The number of nitrogens with two attached hydrogens (primary N) is 1. The van der Waals surface area contributed by atoms with Crippen LogP contribution in [0.25, 0.3) is 16.8 Å². The van der Waals surface area contributed by atoms with Gasteiger partial charge in [0.15, 0.2) is 17.3 Å². The summed E-state index contributed by atoms with van der Waals surface area (Å²) < 4.78 is 89.1. The molecule has 6 rings (SSSR count). The lowest BCUT2D eigenvalue weighted by molar-refractivity contribution is -0.135. The van der Waals surface area contributed by atoms with Gasteiger partial charge in [-0.25, -0.2) is 45.4 Å². The highest BCUT2D eigenvalue weighted by molar-refractivity contribution is 7.89. The zero-order valence-electron chi connectivity index (χ0n) is 30.3. The zero-order valence-corrected chi connectivity index (χ0v) is 31.9. The molecule has 3 N–H and O–H groups in total. The number of hydrogen-bond donors (Lipinski definition) is 2. The Bertz CT molecular complexity index is 2290. The minimum Gasteiger partial charge on any atom is -0.447 e. The molecule has 1 aliphatic heterocycles. The summed E-state index contributed by atoms with van der Waals surface area (Å²) >= 11 is 6.45.